The summed E-state index contributed by atoms with van der Waals surface area (Å²) in [6.07, 6.45) is 4.62. The van der Waals surface area contributed by atoms with Crippen LogP contribution in [0.15, 0.2) is 12.1 Å². The molecule has 17 heavy (non-hydrogen) atoms. The molecule has 0 unspecified atom stereocenters. The quantitative estimate of drug-likeness (QED) is 0.792. The van der Waals surface area contributed by atoms with Crippen molar-refractivity contribution in [1.82, 2.24) is 5.06 Å². The number of rotatable bonds is 3. The Bertz CT molecular complexity index is 358. The molecule has 1 aliphatic heterocycles. The fourth-order valence-corrected chi connectivity index (χ4v) is 2.23. The Morgan fingerprint density at radius 3 is 2.24 bits per heavy atom. The maximum absolute atomic E-state index is 5.83. The predicted octanol–water partition coefficient (Wildman–Crippen LogP) is 3.34. The van der Waals surface area contributed by atoms with Gasteiger partial charge >= 0.3 is 0 Å². The van der Waals surface area contributed by atoms with E-state index < -0.39 is 0 Å². The molecule has 0 saturated carbocycles. The van der Waals surface area contributed by atoms with Gasteiger partial charge < -0.3 is 0 Å². The lowest BCUT2D eigenvalue weighted by molar-refractivity contribution is -0.174. The minimum Gasteiger partial charge on any atom is -0.294 e. The minimum atomic E-state index is 0.696. The Morgan fingerprint density at radius 1 is 1.06 bits per heavy atom. The van der Waals surface area contributed by atoms with Crippen molar-refractivity contribution in [3.63, 3.8) is 0 Å². The molecular weight excluding hydrogens is 210 g/mol. The third kappa shape index (κ3) is 3.30. The van der Waals surface area contributed by atoms with E-state index in [4.69, 9.17) is 4.84 Å². The van der Waals surface area contributed by atoms with Crippen LogP contribution >= 0.6 is 0 Å². The zero-order chi connectivity index (χ0) is 12.3. The maximum Gasteiger partial charge on any atom is 0.0936 e. The van der Waals surface area contributed by atoms with Crippen LogP contribution in [-0.2, 0) is 11.4 Å². The third-order valence-electron chi connectivity index (χ3n) is 3.57. The van der Waals surface area contributed by atoms with Crippen LogP contribution in [0.1, 0.15) is 35.1 Å². The van der Waals surface area contributed by atoms with E-state index in [2.05, 4.69) is 44.4 Å². The van der Waals surface area contributed by atoms with Gasteiger partial charge in [-0.1, -0.05) is 12.1 Å². The van der Waals surface area contributed by atoms with Crippen LogP contribution in [0.5, 0.6) is 0 Å². The normalized spacial score (nSPS) is 17.4. The van der Waals surface area contributed by atoms with Crippen LogP contribution in [0.2, 0.25) is 0 Å². The van der Waals surface area contributed by atoms with Crippen molar-refractivity contribution in [2.75, 3.05) is 13.1 Å². The van der Waals surface area contributed by atoms with Crippen molar-refractivity contribution in [2.45, 2.75) is 40.2 Å². The molecule has 0 atom stereocenters. The van der Waals surface area contributed by atoms with Gasteiger partial charge in [0.05, 0.1) is 6.61 Å². The van der Waals surface area contributed by atoms with Gasteiger partial charge in [-0.15, -0.1) is 0 Å². The van der Waals surface area contributed by atoms with Gasteiger partial charge in [-0.25, -0.2) is 0 Å². The summed E-state index contributed by atoms with van der Waals surface area (Å²) in [6.45, 7) is 9.27. The van der Waals surface area contributed by atoms with E-state index in [9.17, 15) is 0 Å². The first-order chi connectivity index (χ1) is 8.16. The van der Waals surface area contributed by atoms with Crippen LogP contribution in [0.4, 0.5) is 0 Å². The highest BCUT2D eigenvalue weighted by Crippen LogP contribution is 2.17. The van der Waals surface area contributed by atoms with Gasteiger partial charge in [-0.05, 0) is 62.3 Å². The molecule has 1 saturated heterocycles. The zero-order valence-corrected chi connectivity index (χ0v) is 11.1. The molecule has 0 bridgehead atoms. The number of aryl methyl sites for hydroxylation is 2. The van der Waals surface area contributed by atoms with Gasteiger partial charge in [-0.2, -0.15) is 5.06 Å². The topological polar surface area (TPSA) is 12.5 Å². The first-order valence-corrected chi connectivity index (χ1v) is 6.43. The van der Waals surface area contributed by atoms with Gasteiger partial charge in [0, 0.05) is 13.1 Å². The summed E-state index contributed by atoms with van der Waals surface area (Å²) in [5, 5.41) is 2.09. The number of hydrogen-bond donors (Lipinski definition) is 0. The second-order valence-corrected chi connectivity index (χ2v) is 4.92. The molecule has 1 aliphatic rings. The molecule has 1 aromatic carbocycles. The van der Waals surface area contributed by atoms with Gasteiger partial charge in [0.15, 0.2) is 0 Å². The second kappa shape index (κ2) is 5.65. The summed E-state index contributed by atoms with van der Waals surface area (Å²) in [6, 6.07) is 4.47. The lowest BCUT2D eigenvalue weighted by atomic mass is 10.0. The fourth-order valence-electron chi connectivity index (χ4n) is 2.23. The van der Waals surface area contributed by atoms with Crippen LogP contribution in [0.3, 0.4) is 0 Å². The Balaban J connectivity index is 1.94. The second-order valence-electron chi connectivity index (χ2n) is 4.92. The van der Waals surface area contributed by atoms with E-state index in [1.807, 2.05) is 0 Å². The van der Waals surface area contributed by atoms with E-state index in [1.54, 1.807) is 0 Å². The summed E-state index contributed by atoms with van der Waals surface area (Å²) in [5.74, 6) is 0. The lowest BCUT2D eigenvalue weighted by Gasteiger charge is -2.25. The summed E-state index contributed by atoms with van der Waals surface area (Å²) in [7, 11) is 0. The van der Waals surface area contributed by atoms with Crippen LogP contribution in [0.25, 0.3) is 0 Å². The molecule has 1 radical (unpaired) electrons. The summed E-state index contributed by atoms with van der Waals surface area (Å²) < 4.78 is 0. The van der Waals surface area contributed by atoms with Gasteiger partial charge in [0.25, 0.3) is 0 Å². The molecule has 0 aromatic heterocycles. The SMILES string of the molecule is Cc1cc(CON2CC[CH]CC2)cc(C)c1C. The first-order valence-electron chi connectivity index (χ1n) is 6.43. The molecule has 1 heterocycles. The van der Waals surface area contributed by atoms with Crippen molar-refractivity contribution in [3.8, 4) is 0 Å². The molecule has 0 N–H and O–H groups in total. The van der Waals surface area contributed by atoms with Crippen LogP contribution in [0, 0.1) is 27.2 Å². The average molecular weight is 232 g/mol. The first kappa shape index (κ1) is 12.6. The summed E-state index contributed by atoms with van der Waals surface area (Å²) in [5.41, 5.74) is 5.38. The summed E-state index contributed by atoms with van der Waals surface area (Å²) in [4.78, 5) is 5.83. The smallest absolute Gasteiger partial charge is 0.0936 e. The molecule has 0 aliphatic carbocycles. The van der Waals surface area contributed by atoms with Crippen molar-refractivity contribution in [1.29, 1.82) is 0 Å². The van der Waals surface area contributed by atoms with E-state index >= 15 is 0 Å². The lowest BCUT2D eigenvalue weighted by Crippen LogP contribution is -2.29. The number of hydrogen-bond acceptors (Lipinski definition) is 2. The number of hydroxylamine groups is 2. The molecule has 0 spiro atoms. The van der Waals surface area contributed by atoms with Crippen molar-refractivity contribution < 1.29 is 4.84 Å². The molecule has 1 fully saturated rings. The third-order valence-corrected chi connectivity index (χ3v) is 3.57. The standard InChI is InChI=1S/C15H22NO/c1-12-9-15(10-13(2)14(12)3)11-17-16-7-5-4-6-8-16/h4,9-10H,5-8,11H2,1-3H3. The van der Waals surface area contributed by atoms with Crippen molar-refractivity contribution >= 4 is 0 Å². The fraction of sp³-hybridized carbons (Fsp3) is 0.533. The number of benzene rings is 1. The maximum atomic E-state index is 5.83. The highest BCUT2D eigenvalue weighted by atomic mass is 16.7. The number of piperidine rings is 1. The van der Waals surface area contributed by atoms with E-state index in [1.165, 1.54) is 22.3 Å². The van der Waals surface area contributed by atoms with Crippen molar-refractivity contribution in [2.24, 2.45) is 0 Å². The van der Waals surface area contributed by atoms with E-state index in [0.29, 0.717) is 6.61 Å². The molecule has 1 aromatic rings. The summed E-state index contributed by atoms with van der Waals surface area (Å²) >= 11 is 0. The van der Waals surface area contributed by atoms with Crippen LogP contribution in [-0.4, -0.2) is 18.2 Å². The molecule has 93 valence electrons. The van der Waals surface area contributed by atoms with Gasteiger partial charge in [-0.3, -0.25) is 4.84 Å². The zero-order valence-electron chi connectivity index (χ0n) is 11.1. The van der Waals surface area contributed by atoms with E-state index in [-0.39, 0.29) is 0 Å². The molecule has 2 rings (SSSR count). The molecule has 0 amide bonds. The predicted molar refractivity (Wildman–Crippen MR) is 70.5 cm³/mol. The minimum absolute atomic E-state index is 0.696. The molecule has 2 nitrogen and oxygen atoms in total. The Morgan fingerprint density at radius 2 is 1.65 bits per heavy atom. The number of nitrogens with zero attached hydrogens (tertiary/aromatic N) is 1. The molecule has 2 heteroatoms. The van der Waals surface area contributed by atoms with Gasteiger partial charge in [0.2, 0.25) is 0 Å². The monoisotopic (exact) mass is 232 g/mol. The highest BCUT2D eigenvalue weighted by Gasteiger charge is 2.11. The van der Waals surface area contributed by atoms with Crippen LogP contribution < -0.4 is 0 Å². The highest BCUT2D eigenvalue weighted by molar-refractivity contribution is 5.36. The Labute approximate surface area is 105 Å². The van der Waals surface area contributed by atoms with E-state index in [0.717, 1.165) is 25.9 Å². The molecular formula is C15H22NO. The van der Waals surface area contributed by atoms with Crippen molar-refractivity contribution in [3.05, 3.63) is 40.8 Å². The Kier molecular flexibility index (Phi) is 4.19. The average Bonchev–Trinajstić information content (AvgIpc) is 2.34. The van der Waals surface area contributed by atoms with Gasteiger partial charge in [0.1, 0.15) is 0 Å². The largest absolute Gasteiger partial charge is 0.294 e. The Hall–Kier alpha value is -0.860.